The van der Waals surface area contributed by atoms with Crippen LogP contribution in [-0.2, 0) is 6.54 Å². The summed E-state index contributed by atoms with van der Waals surface area (Å²) in [4.78, 5) is 4.37. The van der Waals surface area contributed by atoms with Crippen LogP contribution in [0.25, 0.3) is 0 Å². The maximum Gasteiger partial charge on any atom is 0.0954 e. The SMILES string of the molecule is CC(C)c1nc(CN(C)O)cs1. The average Bonchev–Trinajstić information content (AvgIpc) is 2.34. The fourth-order valence-corrected chi connectivity index (χ4v) is 1.72. The van der Waals surface area contributed by atoms with E-state index in [0.29, 0.717) is 12.5 Å². The molecule has 68 valence electrons. The summed E-state index contributed by atoms with van der Waals surface area (Å²) >= 11 is 1.65. The Bertz CT molecular complexity index is 245. The standard InChI is InChI=1S/C8H14N2OS/c1-6(2)8-9-7(5-12-8)4-10(3)11/h5-6,11H,4H2,1-3H3. The van der Waals surface area contributed by atoms with E-state index in [-0.39, 0.29) is 0 Å². The van der Waals surface area contributed by atoms with Gasteiger partial charge in [-0.2, -0.15) is 5.06 Å². The third kappa shape index (κ3) is 2.55. The number of rotatable bonds is 3. The minimum Gasteiger partial charge on any atom is -0.314 e. The summed E-state index contributed by atoms with van der Waals surface area (Å²) in [5.41, 5.74) is 0.939. The fraction of sp³-hybridized carbons (Fsp3) is 0.625. The lowest BCUT2D eigenvalue weighted by Crippen LogP contribution is -2.11. The zero-order chi connectivity index (χ0) is 9.14. The molecule has 0 amide bonds. The van der Waals surface area contributed by atoms with Crippen molar-refractivity contribution < 1.29 is 5.21 Å². The molecule has 0 fully saturated rings. The highest BCUT2D eigenvalue weighted by molar-refractivity contribution is 7.09. The van der Waals surface area contributed by atoms with Crippen LogP contribution in [0.15, 0.2) is 5.38 Å². The van der Waals surface area contributed by atoms with Crippen molar-refractivity contribution >= 4 is 11.3 Å². The van der Waals surface area contributed by atoms with Gasteiger partial charge in [-0.1, -0.05) is 13.8 Å². The van der Waals surface area contributed by atoms with E-state index in [4.69, 9.17) is 5.21 Å². The monoisotopic (exact) mass is 186 g/mol. The molecule has 0 aromatic carbocycles. The van der Waals surface area contributed by atoms with Crippen molar-refractivity contribution in [3.05, 3.63) is 16.1 Å². The number of nitrogens with zero attached hydrogens (tertiary/aromatic N) is 2. The molecule has 1 rings (SSSR count). The van der Waals surface area contributed by atoms with Crippen molar-refractivity contribution in [2.24, 2.45) is 0 Å². The highest BCUT2D eigenvalue weighted by atomic mass is 32.1. The zero-order valence-corrected chi connectivity index (χ0v) is 8.43. The van der Waals surface area contributed by atoms with Crippen molar-refractivity contribution in [2.75, 3.05) is 7.05 Å². The normalized spacial score (nSPS) is 11.5. The van der Waals surface area contributed by atoms with Crippen LogP contribution in [0.4, 0.5) is 0 Å². The van der Waals surface area contributed by atoms with Crippen molar-refractivity contribution in [1.82, 2.24) is 10.0 Å². The van der Waals surface area contributed by atoms with E-state index < -0.39 is 0 Å². The minimum absolute atomic E-state index is 0.479. The first-order valence-corrected chi connectivity index (χ1v) is 4.82. The van der Waals surface area contributed by atoms with Crippen LogP contribution in [0, 0.1) is 0 Å². The van der Waals surface area contributed by atoms with Gasteiger partial charge in [0.2, 0.25) is 0 Å². The second-order valence-corrected chi connectivity index (χ2v) is 4.04. The zero-order valence-electron chi connectivity index (χ0n) is 7.61. The van der Waals surface area contributed by atoms with E-state index in [0.717, 1.165) is 15.8 Å². The summed E-state index contributed by atoms with van der Waals surface area (Å²) < 4.78 is 0. The minimum atomic E-state index is 0.479. The van der Waals surface area contributed by atoms with Gasteiger partial charge in [0.25, 0.3) is 0 Å². The van der Waals surface area contributed by atoms with Gasteiger partial charge in [0.15, 0.2) is 0 Å². The Kier molecular flexibility index (Phi) is 3.20. The van der Waals surface area contributed by atoms with Crippen LogP contribution in [0.5, 0.6) is 0 Å². The Morgan fingerprint density at radius 2 is 2.33 bits per heavy atom. The summed E-state index contributed by atoms with van der Waals surface area (Å²) in [5.74, 6) is 0.479. The summed E-state index contributed by atoms with van der Waals surface area (Å²) in [6.45, 7) is 4.74. The molecule has 1 N–H and O–H groups in total. The van der Waals surface area contributed by atoms with E-state index in [1.165, 1.54) is 0 Å². The van der Waals surface area contributed by atoms with Gasteiger partial charge in [-0.25, -0.2) is 4.98 Å². The number of aromatic nitrogens is 1. The van der Waals surface area contributed by atoms with Gasteiger partial charge in [0.1, 0.15) is 0 Å². The number of hydrogen-bond donors (Lipinski definition) is 1. The highest BCUT2D eigenvalue weighted by Crippen LogP contribution is 2.19. The molecule has 3 nitrogen and oxygen atoms in total. The number of thiazole rings is 1. The van der Waals surface area contributed by atoms with Crippen LogP contribution in [0.2, 0.25) is 0 Å². The Balaban J connectivity index is 2.64. The van der Waals surface area contributed by atoms with E-state index >= 15 is 0 Å². The first kappa shape index (κ1) is 9.64. The molecule has 0 unspecified atom stereocenters. The van der Waals surface area contributed by atoms with Gasteiger partial charge in [-0.05, 0) is 0 Å². The molecule has 0 saturated carbocycles. The van der Waals surface area contributed by atoms with Crippen LogP contribution in [0.1, 0.15) is 30.5 Å². The molecule has 0 saturated heterocycles. The lowest BCUT2D eigenvalue weighted by atomic mass is 10.2. The van der Waals surface area contributed by atoms with Gasteiger partial charge in [0.05, 0.1) is 17.2 Å². The van der Waals surface area contributed by atoms with E-state index in [2.05, 4.69) is 18.8 Å². The Labute approximate surface area is 76.6 Å². The lowest BCUT2D eigenvalue weighted by Gasteiger charge is -2.03. The van der Waals surface area contributed by atoms with Crippen LogP contribution in [-0.4, -0.2) is 22.3 Å². The molecule has 1 aromatic heterocycles. The first-order valence-electron chi connectivity index (χ1n) is 3.94. The first-order chi connectivity index (χ1) is 5.59. The van der Waals surface area contributed by atoms with Crippen molar-refractivity contribution in [2.45, 2.75) is 26.3 Å². The van der Waals surface area contributed by atoms with Crippen molar-refractivity contribution in [3.63, 3.8) is 0 Å². The Hall–Kier alpha value is -0.450. The van der Waals surface area contributed by atoms with E-state index in [9.17, 15) is 0 Å². The third-order valence-electron chi connectivity index (χ3n) is 1.45. The van der Waals surface area contributed by atoms with Gasteiger partial charge in [0, 0.05) is 18.3 Å². The average molecular weight is 186 g/mol. The number of hydrogen-bond acceptors (Lipinski definition) is 4. The Morgan fingerprint density at radius 1 is 1.67 bits per heavy atom. The molecule has 1 heterocycles. The van der Waals surface area contributed by atoms with Gasteiger partial charge >= 0.3 is 0 Å². The summed E-state index contributed by atoms with van der Waals surface area (Å²) in [6.07, 6.45) is 0. The smallest absolute Gasteiger partial charge is 0.0954 e. The molecule has 0 bridgehead atoms. The van der Waals surface area contributed by atoms with Crippen molar-refractivity contribution in [1.29, 1.82) is 0 Å². The Morgan fingerprint density at radius 3 is 2.75 bits per heavy atom. The molecule has 0 aliphatic rings. The second-order valence-electron chi connectivity index (χ2n) is 3.15. The predicted molar refractivity (Wildman–Crippen MR) is 49.5 cm³/mol. The number of hydroxylamine groups is 2. The molecule has 12 heavy (non-hydrogen) atoms. The second kappa shape index (κ2) is 3.98. The molecule has 0 aliphatic carbocycles. The summed E-state index contributed by atoms with van der Waals surface area (Å²) in [6, 6.07) is 0. The summed E-state index contributed by atoms with van der Waals surface area (Å²) in [7, 11) is 1.62. The van der Waals surface area contributed by atoms with Gasteiger partial charge in [-0.3, -0.25) is 0 Å². The lowest BCUT2D eigenvalue weighted by molar-refractivity contribution is -0.0739. The summed E-state index contributed by atoms with van der Waals surface area (Å²) in [5, 5.41) is 13.2. The molecule has 1 aromatic rings. The molecular formula is C8H14N2OS. The van der Waals surface area contributed by atoms with Crippen LogP contribution in [0.3, 0.4) is 0 Å². The topological polar surface area (TPSA) is 36.4 Å². The third-order valence-corrected chi connectivity index (χ3v) is 2.65. The molecule has 0 radical (unpaired) electrons. The van der Waals surface area contributed by atoms with E-state index in [1.807, 2.05) is 5.38 Å². The molecule has 4 heteroatoms. The van der Waals surface area contributed by atoms with Gasteiger partial charge in [-0.15, -0.1) is 11.3 Å². The molecule has 0 atom stereocenters. The quantitative estimate of drug-likeness (QED) is 0.734. The maximum absolute atomic E-state index is 8.95. The van der Waals surface area contributed by atoms with E-state index in [1.54, 1.807) is 18.4 Å². The van der Waals surface area contributed by atoms with Gasteiger partial charge < -0.3 is 5.21 Å². The fourth-order valence-electron chi connectivity index (χ4n) is 0.895. The highest BCUT2D eigenvalue weighted by Gasteiger charge is 2.06. The predicted octanol–water partition coefficient (Wildman–Crippen LogP) is 2.09. The molecule has 0 spiro atoms. The van der Waals surface area contributed by atoms with Crippen LogP contribution >= 0.6 is 11.3 Å². The molecular weight excluding hydrogens is 172 g/mol. The largest absolute Gasteiger partial charge is 0.314 e. The maximum atomic E-state index is 8.95. The molecule has 0 aliphatic heterocycles. The van der Waals surface area contributed by atoms with Crippen molar-refractivity contribution in [3.8, 4) is 0 Å². The van der Waals surface area contributed by atoms with Crippen LogP contribution < -0.4 is 0 Å².